The van der Waals surface area contributed by atoms with Gasteiger partial charge in [-0.25, -0.2) is 0 Å². The molecule has 3 rings (SSSR count). The van der Waals surface area contributed by atoms with Crippen LogP contribution >= 0.6 is 11.6 Å². The Bertz CT molecular complexity index is 1540. The van der Waals surface area contributed by atoms with E-state index in [0.717, 1.165) is 37.6 Å². The molecule has 0 bridgehead atoms. The normalized spacial score (nSPS) is 12.3. The first-order chi connectivity index (χ1) is 23.3. The van der Waals surface area contributed by atoms with E-state index in [1.54, 1.807) is 37.4 Å². The number of carbonyl (C=O) groups is 3. The van der Waals surface area contributed by atoms with Gasteiger partial charge in [-0.2, -0.15) is 0 Å². The Morgan fingerprint density at radius 2 is 1.46 bits per heavy atom. The van der Waals surface area contributed by atoms with Crippen LogP contribution in [0.25, 0.3) is 10.9 Å². The van der Waals surface area contributed by atoms with Gasteiger partial charge in [-0.1, -0.05) is 67.8 Å². The van der Waals surface area contributed by atoms with Crippen LogP contribution in [0, 0.1) is 6.92 Å². The highest BCUT2D eigenvalue weighted by Crippen LogP contribution is 2.34. The van der Waals surface area contributed by atoms with Gasteiger partial charge in [0.25, 0.3) is 0 Å². The maximum atomic E-state index is 13.7. The lowest BCUT2D eigenvalue weighted by Gasteiger charge is -2.17. The Kier molecular flexibility index (Phi) is 17.3. The zero-order valence-corrected chi connectivity index (χ0v) is 29.4. The molecule has 3 aromatic rings. The fraction of sp³-hybridized carbons (Fsp3) is 0.425. The predicted molar refractivity (Wildman–Crippen MR) is 194 cm³/mol. The van der Waals surface area contributed by atoms with Crippen LogP contribution in [0.4, 0.5) is 0 Å². The summed E-state index contributed by atoms with van der Waals surface area (Å²) in [7, 11) is 1.56. The highest BCUT2D eigenvalue weighted by atomic mass is 35.5. The summed E-state index contributed by atoms with van der Waals surface area (Å²) in [5.41, 5.74) is 2.33. The third-order valence-electron chi connectivity index (χ3n) is 7.97. The number of hydrogen-bond acceptors (Lipinski definition) is 6. The first-order valence-corrected chi connectivity index (χ1v) is 17.5. The third-order valence-corrected chi connectivity index (χ3v) is 8.23. The Morgan fingerprint density at radius 3 is 2.12 bits per heavy atom. The summed E-state index contributed by atoms with van der Waals surface area (Å²) in [5.74, 6) is -1.95. The average Bonchev–Trinajstić information content (AvgIpc) is 3.41. The number of benzene rings is 2. The number of aromatic nitrogens is 1. The van der Waals surface area contributed by atoms with Gasteiger partial charge in [0.1, 0.15) is 11.7 Å². The number of hydrogen-bond donors (Lipinski definition) is 1. The maximum absolute atomic E-state index is 13.7. The number of carbonyl (C=O) groups excluding carboxylic acids is 3. The molecule has 1 heterocycles. The first-order valence-electron chi connectivity index (χ1n) is 17.1. The van der Waals surface area contributed by atoms with E-state index < -0.39 is 17.7 Å². The minimum atomic E-state index is -1.21. The van der Waals surface area contributed by atoms with Crippen LogP contribution in [-0.2, 0) is 19.1 Å². The molecule has 48 heavy (non-hydrogen) atoms. The van der Waals surface area contributed by atoms with Crippen molar-refractivity contribution in [1.82, 2.24) is 4.98 Å². The van der Waals surface area contributed by atoms with Gasteiger partial charge in [-0.3, -0.25) is 14.4 Å². The van der Waals surface area contributed by atoms with Crippen molar-refractivity contribution in [3.63, 3.8) is 0 Å². The minimum Gasteiger partial charge on any atom is -0.497 e. The zero-order valence-electron chi connectivity index (χ0n) is 28.6. The number of rotatable bonds is 22. The van der Waals surface area contributed by atoms with E-state index in [1.165, 1.54) is 25.7 Å². The molecule has 0 spiro atoms. The van der Waals surface area contributed by atoms with Crippen LogP contribution in [0.15, 0.2) is 78.9 Å². The highest BCUT2D eigenvalue weighted by molar-refractivity contribution is 6.30. The molecule has 1 atom stereocenters. The second kappa shape index (κ2) is 21.7. The number of ether oxygens (including phenoxy) is 3. The second-order valence-corrected chi connectivity index (χ2v) is 12.2. The van der Waals surface area contributed by atoms with Gasteiger partial charge in [0.15, 0.2) is 5.78 Å². The van der Waals surface area contributed by atoms with Crippen molar-refractivity contribution in [3.8, 4) is 5.75 Å². The van der Waals surface area contributed by atoms with Gasteiger partial charge >= 0.3 is 11.9 Å². The highest BCUT2D eigenvalue weighted by Gasteiger charge is 2.34. The van der Waals surface area contributed by atoms with Crippen molar-refractivity contribution in [2.45, 2.75) is 90.4 Å². The van der Waals surface area contributed by atoms with Crippen molar-refractivity contribution >= 4 is 40.2 Å². The van der Waals surface area contributed by atoms with Crippen LogP contribution in [0.2, 0.25) is 5.02 Å². The monoisotopic (exact) mass is 675 g/mol. The Morgan fingerprint density at radius 1 is 0.812 bits per heavy atom. The van der Waals surface area contributed by atoms with Crippen molar-refractivity contribution in [2.75, 3.05) is 20.3 Å². The van der Waals surface area contributed by atoms with Gasteiger partial charge < -0.3 is 19.2 Å². The van der Waals surface area contributed by atoms with E-state index >= 15 is 0 Å². The second-order valence-electron chi connectivity index (χ2n) is 11.7. The lowest BCUT2D eigenvalue weighted by Crippen LogP contribution is -2.25. The molecule has 0 amide bonds. The summed E-state index contributed by atoms with van der Waals surface area (Å²) in [6.45, 7) is 4.18. The number of methoxy groups -OCH3 is 1. The van der Waals surface area contributed by atoms with Crippen LogP contribution in [0.3, 0.4) is 0 Å². The van der Waals surface area contributed by atoms with Crippen LogP contribution in [0.1, 0.15) is 105 Å². The van der Waals surface area contributed by atoms with Gasteiger partial charge in [0.05, 0.1) is 20.3 Å². The molecule has 1 aromatic heterocycles. The number of fused-ring (bicyclic) bond motifs is 1. The zero-order chi connectivity index (χ0) is 34.6. The average molecular weight is 676 g/mol. The molecule has 258 valence electrons. The Hall–Kier alpha value is -4.10. The number of allylic oxidation sites excluding steroid dienone is 6. The molecule has 1 unspecified atom stereocenters. The summed E-state index contributed by atoms with van der Waals surface area (Å²) in [6.07, 6.45) is 23.4. The van der Waals surface area contributed by atoms with Gasteiger partial charge in [0.2, 0.25) is 0 Å². The van der Waals surface area contributed by atoms with E-state index in [4.69, 9.17) is 25.8 Å². The van der Waals surface area contributed by atoms with Crippen molar-refractivity contribution in [3.05, 3.63) is 101 Å². The lowest BCUT2D eigenvalue weighted by atomic mass is 9.88. The van der Waals surface area contributed by atoms with Crippen LogP contribution < -0.4 is 4.74 Å². The Labute approximate surface area is 290 Å². The van der Waals surface area contributed by atoms with Crippen LogP contribution in [-0.4, -0.2) is 43.0 Å². The van der Waals surface area contributed by atoms with E-state index in [2.05, 4.69) is 48.4 Å². The predicted octanol–water partition coefficient (Wildman–Crippen LogP) is 10.2. The number of nitrogens with one attached hydrogen (secondary N) is 1. The molecule has 7 nitrogen and oxygen atoms in total. The Balaban J connectivity index is 1.40. The molecule has 0 radical (unpaired) electrons. The van der Waals surface area contributed by atoms with Crippen LogP contribution in [0.5, 0.6) is 5.75 Å². The standard InChI is InChI=1S/C40H50ClNO6/c1-4-5-6-7-8-9-10-11-12-13-14-15-16-17-18-20-36(43)47-27-19-28-48-40(45)38(39(44)31-21-23-32(41)24-22-31)37-30(2)42-35-26-25-33(46-3)29-34(35)37/h8-9,11-12,14-15,21-26,29,38,42H,4-7,10,13,16-20,27-28H2,1-3H3/b9-8-,12-11-,15-14-. The molecule has 1 N–H and O–H groups in total. The SMILES string of the molecule is CCCCC/C=C\C/C=C\C/C=C\CCCCC(=O)OCCCOC(=O)C(C(=O)c1ccc(Cl)cc1)c1c(C)[nH]c2ccc(OC)cc12. The number of ketones is 1. The molecule has 0 saturated heterocycles. The maximum Gasteiger partial charge on any atom is 0.321 e. The fourth-order valence-electron chi connectivity index (χ4n) is 5.36. The topological polar surface area (TPSA) is 94.7 Å². The van der Waals surface area contributed by atoms with E-state index in [-0.39, 0.29) is 19.2 Å². The fourth-order valence-corrected chi connectivity index (χ4v) is 5.48. The van der Waals surface area contributed by atoms with Crippen molar-refractivity contribution < 1.29 is 28.6 Å². The molecule has 0 aliphatic rings. The summed E-state index contributed by atoms with van der Waals surface area (Å²) in [4.78, 5) is 42.7. The van der Waals surface area contributed by atoms with Gasteiger partial charge in [-0.15, -0.1) is 0 Å². The molecule has 0 saturated carbocycles. The molecule has 0 aliphatic heterocycles. The van der Waals surface area contributed by atoms with Gasteiger partial charge in [0, 0.05) is 45.6 Å². The number of esters is 2. The number of Topliss-reactive ketones (excluding diaryl/α,β-unsaturated/α-hetero) is 1. The van der Waals surface area contributed by atoms with E-state index in [9.17, 15) is 14.4 Å². The lowest BCUT2D eigenvalue weighted by molar-refractivity contribution is -0.146. The molecule has 2 aromatic carbocycles. The summed E-state index contributed by atoms with van der Waals surface area (Å²) in [6, 6.07) is 11.9. The van der Waals surface area contributed by atoms with E-state index in [0.29, 0.717) is 45.8 Å². The summed E-state index contributed by atoms with van der Waals surface area (Å²) < 4.78 is 16.3. The largest absolute Gasteiger partial charge is 0.497 e. The quantitative estimate of drug-likeness (QED) is 0.0374. The minimum absolute atomic E-state index is 0.00965. The third kappa shape index (κ3) is 12.8. The summed E-state index contributed by atoms with van der Waals surface area (Å²) >= 11 is 6.04. The number of H-pyrrole nitrogens is 1. The molecular formula is C40H50ClNO6. The molecule has 8 heteroatoms. The summed E-state index contributed by atoms with van der Waals surface area (Å²) in [5, 5.41) is 1.19. The van der Waals surface area contributed by atoms with Gasteiger partial charge in [-0.05, 0) is 94.3 Å². The van der Waals surface area contributed by atoms with Crippen molar-refractivity contribution in [1.29, 1.82) is 0 Å². The smallest absolute Gasteiger partial charge is 0.321 e. The number of unbranched alkanes of at least 4 members (excludes halogenated alkanes) is 5. The number of aromatic amines is 1. The molecule has 0 aliphatic carbocycles. The first kappa shape index (κ1) is 38.3. The molecular weight excluding hydrogens is 626 g/mol. The number of halogens is 1. The van der Waals surface area contributed by atoms with E-state index in [1.807, 2.05) is 19.1 Å². The van der Waals surface area contributed by atoms with Crippen molar-refractivity contribution in [2.24, 2.45) is 0 Å². The number of aryl methyl sites for hydroxylation is 1. The molecule has 0 fully saturated rings.